The number of aryl methyl sites for hydroxylation is 1. The Morgan fingerprint density at radius 2 is 1.95 bits per heavy atom. The highest BCUT2D eigenvalue weighted by molar-refractivity contribution is 5.76. The molecule has 0 aliphatic rings. The second kappa shape index (κ2) is 5.82. The van der Waals surface area contributed by atoms with Crippen LogP contribution in [0, 0.1) is 18.6 Å². The van der Waals surface area contributed by atoms with Gasteiger partial charge >= 0.3 is 5.97 Å². The van der Waals surface area contributed by atoms with Crippen LogP contribution in [0.2, 0.25) is 0 Å². The molecule has 0 bridgehead atoms. The summed E-state index contributed by atoms with van der Waals surface area (Å²) in [5.41, 5.74) is 1.58. The smallest absolute Gasteiger partial charge is 0.311 e. The van der Waals surface area contributed by atoms with Crippen molar-refractivity contribution < 1.29 is 18.7 Å². The standard InChI is InChI=1S/C16H14F2O2/c1-10-3-2-4-11(7-10)14(16(19)20)9-12-8-13(17)5-6-15(12)18/h2-8,14H,9H2,1H3,(H,19,20). The Balaban J connectivity index is 2.35. The SMILES string of the molecule is Cc1cccc(C(Cc2cc(F)ccc2F)C(=O)O)c1. The third-order valence-electron chi connectivity index (χ3n) is 3.17. The molecule has 0 saturated heterocycles. The first-order valence-corrected chi connectivity index (χ1v) is 6.20. The average Bonchev–Trinajstić information content (AvgIpc) is 2.39. The number of aliphatic carboxylic acids is 1. The minimum atomic E-state index is -1.06. The molecule has 0 spiro atoms. The van der Waals surface area contributed by atoms with E-state index in [2.05, 4.69) is 0 Å². The van der Waals surface area contributed by atoms with Crippen molar-refractivity contribution in [3.8, 4) is 0 Å². The number of carboxylic acids is 1. The Labute approximate surface area is 115 Å². The Hall–Kier alpha value is -2.23. The zero-order chi connectivity index (χ0) is 14.7. The lowest BCUT2D eigenvalue weighted by atomic mass is 9.91. The molecule has 0 aliphatic carbocycles. The van der Waals surface area contributed by atoms with Crippen LogP contribution < -0.4 is 0 Å². The lowest BCUT2D eigenvalue weighted by Crippen LogP contribution is -2.15. The fourth-order valence-electron chi connectivity index (χ4n) is 2.15. The van der Waals surface area contributed by atoms with Crippen molar-refractivity contribution in [2.24, 2.45) is 0 Å². The van der Waals surface area contributed by atoms with Gasteiger partial charge in [0.25, 0.3) is 0 Å². The third kappa shape index (κ3) is 3.20. The van der Waals surface area contributed by atoms with Gasteiger partial charge in [0, 0.05) is 0 Å². The molecular formula is C16H14F2O2. The van der Waals surface area contributed by atoms with Crippen LogP contribution in [0.1, 0.15) is 22.6 Å². The molecule has 1 N–H and O–H groups in total. The van der Waals surface area contributed by atoms with Crippen molar-refractivity contribution in [3.63, 3.8) is 0 Å². The summed E-state index contributed by atoms with van der Waals surface area (Å²) >= 11 is 0. The number of hydrogen-bond acceptors (Lipinski definition) is 1. The lowest BCUT2D eigenvalue weighted by Gasteiger charge is -2.14. The van der Waals surface area contributed by atoms with Gasteiger partial charge in [-0.25, -0.2) is 8.78 Å². The molecule has 0 aromatic heterocycles. The highest BCUT2D eigenvalue weighted by Crippen LogP contribution is 2.24. The van der Waals surface area contributed by atoms with Crippen molar-refractivity contribution in [1.82, 2.24) is 0 Å². The van der Waals surface area contributed by atoms with Gasteiger partial charge in [0.05, 0.1) is 5.92 Å². The Bertz CT molecular complexity index is 638. The zero-order valence-corrected chi connectivity index (χ0v) is 10.9. The van der Waals surface area contributed by atoms with Gasteiger partial charge in [-0.15, -0.1) is 0 Å². The maximum Gasteiger partial charge on any atom is 0.311 e. The summed E-state index contributed by atoms with van der Waals surface area (Å²) < 4.78 is 26.8. The molecule has 0 heterocycles. The van der Waals surface area contributed by atoms with Crippen LogP contribution in [-0.4, -0.2) is 11.1 Å². The molecule has 2 nitrogen and oxygen atoms in total. The average molecular weight is 276 g/mol. The van der Waals surface area contributed by atoms with Crippen molar-refractivity contribution in [2.45, 2.75) is 19.3 Å². The first-order chi connectivity index (χ1) is 9.47. The largest absolute Gasteiger partial charge is 0.481 e. The molecular weight excluding hydrogens is 262 g/mol. The van der Waals surface area contributed by atoms with Crippen LogP contribution in [0.25, 0.3) is 0 Å². The van der Waals surface area contributed by atoms with Crippen LogP contribution in [0.4, 0.5) is 8.78 Å². The van der Waals surface area contributed by atoms with Crippen molar-refractivity contribution >= 4 is 5.97 Å². The minimum absolute atomic E-state index is 0.0684. The van der Waals surface area contributed by atoms with E-state index in [4.69, 9.17) is 0 Å². The number of carbonyl (C=O) groups is 1. The molecule has 2 aromatic rings. The molecule has 2 aromatic carbocycles. The van der Waals surface area contributed by atoms with E-state index in [-0.39, 0.29) is 12.0 Å². The molecule has 4 heteroatoms. The summed E-state index contributed by atoms with van der Waals surface area (Å²) in [5, 5.41) is 9.32. The Morgan fingerprint density at radius 1 is 1.20 bits per heavy atom. The normalized spacial score (nSPS) is 12.2. The van der Waals surface area contributed by atoms with Gasteiger partial charge in [-0.1, -0.05) is 29.8 Å². The van der Waals surface area contributed by atoms with Crippen LogP contribution in [0.3, 0.4) is 0 Å². The van der Waals surface area contributed by atoms with Crippen LogP contribution in [0.15, 0.2) is 42.5 Å². The molecule has 0 aliphatic heterocycles. The topological polar surface area (TPSA) is 37.3 Å². The zero-order valence-electron chi connectivity index (χ0n) is 10.9. The first kappa shape index (κ1) is 14.2. The molecule has 2 rings (SSSR count). The van der Waals surface area contributed by atoms with Gasteiger partial charge in [-0.05, 0) is 42.7 Å². The van der Waals surface area contributed by atoms with Crippen LogP contribution in [0.5, 0.6) is 0 Å². The summed E-state index contributed by atoms with van der Waals surface area (Å²) in [7, 11) is 0. The maximum absolute atomic E-state index is 13.6. The maximum atomic E-state index is 13.6. The van der Waals surface area contributed by atoms with E-state index in [0.29, 0.717) is 5.56 Å². The fourth-order valence-corrected chi connectivity index (χ4v) is 2.15. The number of halogens is 2. The number of benzene rings is 2. The molecule has 104 valence electrons. The van der Waals surface area contributed by atoms with E-state index in [1.165, 1.54) is 0 Å². The number of hydrogen-bond donors (Lipinski definition) is 1. The second-order valence-corrected chi connectivity index (χ2v) is 4.74. The summed E-state index contributed by atoms with van der Waals surface area (Å²) in [5.74, 6) is -3.12. The first-order valence-electron chi connectivity index (χ1n) is 6.20. The Kier molecular flexibility index (Phi) is 4.13. The van der Waals surface area contributed by atoms with E-state index in [9.17, 15) is 18.7 Å². The van der Waals surface area contributed by atoms with E-state index in [1.54, 1.807) is 18.2 Å². The monoisotopic (exact) mass is 276 g/mol. The Morgan fingerprint density at radius 3 is 2.60 bits per heavy atom. The van der Waals surface area contributed by atoms with Crippen molar-refractivity contribution in [3.05, 3.63) is 70.8 Å². The van der Waals surface area contributed by atoms with Crippen LogP contribution >= 0.6 is 0 Å². The molecule has 1 unspecified atom stereocenters. The minimum Gasteiger partial charge on any atom is -0.481 e. The quantitative estimate of drug-likeness (QED) is 0.924. The van der Waals surface area contributed by atoms with E-state index < -0.39 is 23.5 Å². The van der Waals surface area contributed by atoms with Crippen LogP contribution in [-0.2, 0) is 11.2 Å². The van der Waals surface area contributed by atoms with E-state index in [0.717, 1.165) is 23.8 Å². The molecule has 0 radical (unpaired) electrons. The summed E-state index contributed by atoms with van der Waals surface area (Å²) in [6.45, 7) is 1.85. The molecule has 0 saturated carbocycles. The van der Waals surface area contributed by atoms with Crippen molar-refractivity contribution in [1.29, 1.82) is 0 Å². The van der Waals surface area contributed by atoms with Crippen molar-refractivity contribution in [2.75, 3.05) is 0 Å². The lowest BCUT2D eigenvalue weighted by molar-refractivity contribution is -0.138. The van der Waals surface area contributed by atoms with Gasteiger partial charge in [-0.3, -0.25) is 4.79 Å². The van der Waals surface area contributed by atoms with Gasteiger partial charge < -0.3 is 5.11 Å². The number of rotatable bonds is 4. The van der Waals surface area contributed by atoms with E-state index >= 15 is 0 Å². The summed E-state index contributed by atoms with van der Waals surface area (Å²) in [6, 6.07) is 10.1. The summed E-state index contributed by atoms with van der Waals surface area (Å²) in [6.07, 6.45) is -0.0810. The molecule has 0 fully saturated rings. The molecule has 0 amide bonds. The fraction of sp³-hybridized carbons (Fsp3) is 0.188. The van der Waals surface area contributed by atoms with Gasteiger partial charge in [0.1, 0.15) is 11.6 Å². The second-order valence-electron chi connectivity index (χ2n) is 4.74. The molecule has 1 atom stereocenters. The number of carboxylic acid groups (broad SMARTS) is 1. The summed E-state index contributed by atoms with van der Waals surface area (Å²) in [4.78, 5) is 11.4. The predicted octanol–water partition coefficient (Wildman–Crippen LogP) is 3.68. The predicted molar refractivity (Wildman–Crippen MR) is 71.6 cm³/mol. The van der Waals surface area contributed by atoms with E-state index in [1.807, 2.05) is 13.0 Å². The third-order valence-corrected chi connectivity index (χ3v) is 3.17. The van der Waals surface area contributed by atoms with Gasteiger partial charge in [-0.2, -0.15) is 0 Å². The van der Waals surface area contributed by atoms with Gasteiger partial charge in [0.2, 0.25) is 0 Å². The highest BCUT2D eigenvalue weighted by Gasteiger charge is 2.22. The highest BCUT2D eigenvalue weighted by atomic mass is 19.1. The molecule has 20 heavy (non-hydrogen) atoms. The van der Waals surface area contributed by atoms with Gasteiger partial charge in [0.15, 0.2) is 0 Å².